The Morgan fingerprint density at radius 1 is 1.13 bits per heavy atom. The normalized spacial score (nSPS) is 20.1. The molecule has 4 atom stereocenters. The van der Waals surface area contributed by atoms with E-state index < -0.39 is 36.0 Å². The van der Waals surface area contributed by atoms with Crippen molar-refractivity contribution in [2.24, 2.45) is 5.92 Å². The van der Waals surface area contributed by atoms with Gasteiger partial charge in [-0.2, -0.15) is 0 Å². The second-order valence-corrected chi connectivity index (χ2v) is 8.17. The zero-order chi connectivity index (χ0) is 23.1. The van der Waals surface area contributed by atoms with Crippen molar-refractivity contribution < 1.29 is 24.3 Å². The highest BCUT2D eigenvalue weighted by atomic mass is 16.3. The lowest BCUT2D eigenvalue weighted by Crippen LogP contribution is -2.55. The molecule has 0 saturated carbocycles. The molecule has 0 aliphatic carbocycles. The molecule has 2 rings (SSSR count). The minimum absolute atomic E-state index is 0.00513. The van der Waals surface area contributed by atoms with Crippen molar-refractivity contribution in [1.82, 2.24) is 20.9 Å². The van der Waals surface area contributed by atoms with Gasteiger partial charge in [-0.25, -0.2) is 0 Å². The third-order valence-corrected chi connectivity index (χ3v) is 5.34. The lowest BCUT2D eigenvalue weighted by Gasteiger charge is -2.31. The largest absolute Gasteiger partial charge is 0.391 e. The lowest BCUT2D eigenvalue weighted by atomic mass is 10.0. The Bertz CT molecular complexity index is 798. The van der Waals surface area contributed by atoms with E-state index in [0.29, 0.717) is 0 Å². The van der Waals surface area contributed by atoms with Crippen molar-refractivity contribution >= 4 is 23.6 Å². The van der Waals surface area contributed by atoms with Crippen molar-refractivity contribution in [2.75, 3.05) is 13.6 Å². The van der Waals surface area contributed by atoms with Crippen molar-refractivity contribution in [2.45, 2.75) is 57.8 Å². The second kappa shape index (κ2) is 10.9. The molecule has 170 valence electrons. The van der Waals surface area contributed by atoms with Crippen LogP contribution in [0.5, 0.6) is 0 Å². The van der Waals surface area contributed by atoms with Gasteiger partial charge in [0, 0.05) is 26.9 Å². The minimum atomic E-state index is -0.895. The number of benzene rings is 1. The van der Waals surface area contributed by atoms with Gasteiger partial charge in [0.25, 0.3) is 0 Å². The maximum atomic E-state index is 13.1. The summed E-state index contributed by atoms with van der Waals surface area (Å²) in [6.07, 6.45) is -0.723. The molecule has 31 heavy (non-hydrogen) atoms. The Labute approximate surface area is 182 Å². The summed E-state index contributed by atoms with van der Waals surface area (Å²) in [5, 5.41) is 18.2. The fraction of sp³-hybridized carbons (Fsp3) is 0.545. The Morgan fingerprint density at radius 2 is 1.77 bits per heavy atom. The van der Waals surface area contributed by atoms with Crippen LogP contribution in [0.4, 0.5) is 0 Å². The first-order valence-electron chi connectivity index (χ1n) is 10.5. The first kappa shape index (κ1) is 24.3. The van der Waals surface area contributed by atoms with E-state index in [2.05, 4.69) is 16.0 Å². The molecule has 1 aliphatic rings. The number of β-amino-alcohol motifs (C(OH)–C–C–N with tert-alkyl or cyclic N) is 1. The van der Waals surface area contributed by atoms with Crippen LogP contribution in [0.15, 0.2) is 30.3 Å². The van der Waals surface area contributed by atoms with Crippen LogP contribution in [0, 0.1) is 5.92 Å². The molecule has 1 heterocycles. The molecule has 1 aromatic rings. The summed E-state index contributed by atoms with van der Waals surface area (Å²) < 4.78 is 0. The predicted octanol–water partition coefficient (Wildman–Crippen LogP) is 0.103. The highest BCUT2D eigenvalue weighted by molar-refractivity contribution is 5.93. The van der Waals surface area contributed by atoms with Crippen LogP contribution in [0.1, 0.15) is 45.2 Å². The smallest absolute Gasteiger partial charge is 0.246 e. The number of aliphatic hydroxyl groups excluding tert-OH is 1. The number of nitrogens with one attached hydrogen (secondary N) is 3. The van der Waals surface area contributed by atoms with Crippen LogP contribution >= 0.6 is 0 Å². The van der Waals surface area contributed by atoms with E-state index in [-0.39, 0.29) is 37.1 Å². The molecule has 1 aliphatic heterocycles. The van der Waals surface area contributed by atoms with E-state index in [1.54, 1.807) is 13.8 Å². The third-order valence-electron chi connectivity index (χ3n) is 5.34. The fourth-order valence-electron chi connectivity index (χ4n) is 3.71. The fourth-order valence-corrected chi connectivity index (χ4v) is 3.71. The maximum absolute atomic E-state index is 13.1. The number of hydrogen-bond donors (Lipinski definition) is 4. The molecule has 9 heteroatoms. The van der Waals surface area contributed by atoms with E-state index >= 15 is 0 Å². The van der Waals surface area contributed by atoms with Crippen molar-refractivity contribution in [1.29, 1.82) is 0 Å². The van der Waals surface area contributed by atoms with Gasteiger partial charge in [0.05, 0.1) is 18.6 Å². The number of amides is 4. The Hall–Kier alpha value is -2.94. The Morgan fingerprint density at radius 3 is 2.32 bits per heavy atom. The van der Waals surface area contributed by atoms with Gasteiger partial charge < -0.3 is 26.0 Å². The van der Waals surface area contributed by atoms with Gasteiger partial charge >= 0.3 is 0 Å². The summed E-state index contributed by atoms with van der Waals surface area (Å²) in [6, 6.07) is 6.81. The third kappa shape index (κ3) is 6.52. The molecule has 4 unspecified atom stereocenters. The van der Waals surface area contributed by atoms with E-state index in [1.807, 2.05) is 30.3 Å². The van der Waals surface area contributed by atoms with Crippen molar-refractivity contribution in [3.63, 3.8) is 0 Å². The number of hydrogen-bond acceptors (Lipinski definition) is 5. The summed E-state index contributed by atoms with van der Waals surface area (Å²) in [4.78, 5) is 51.1. The number of carbonyl (C=O) groups excluding carboxylic acids is 4. The SMILES string of the molecule is CNC(=O)CC(NC(=O)C1CC(O)CN1C(=O)C(NC(C)=O)C(C)C)c1ccccc1. The van der Waals surface area contributed by atoms with E-state index in [9.17, 15) is 24.3 Å². The van der Waals surface area contributed by atoms with Crippen LogP contribution < -0.4 is 16.0 Å². The maximum Gasteiger partial charge on any atom is 0.246 e. The van der Waals surface area contributed by atoms with Crippen LogP contribution in [-0.4, -0.2) is 65.4 Å². The lowest BCUT2D eigenvalue weighted by molar-refractivity contribution is -0.142. The number of rotatable bonds is 8. The molecule has 0 radical (unpaired) electrons. The molecule has 4 N–H and O–H groups in total. The summed E-state index contributed by atoms with van der Waals surface area (Å²) in [7, 11) is 1.52. The zero-order valence-electron chi connectivity index (χ0n) is 18.4. The molecule has 0 aromatic heterocycles. The molecule has 0 spiro atoms. The van der Waals surface area contributed by atoms with Gasteiger partial charge in [0.1, 0.15) is 12.1 Å². The summed E-state index contributed by atoms with van der Waals surface area (Å²) in [5.74, 6) is -1.64. The predicted molar refractivity (Wildman–Crippen MR) is 115 cm³/mol. The molecule has 0 bridgehead atoms. The minimum Gasteiger partial charge on any atom is -0.391 e. The van der Waals surface area contributed by atoms with Gasteiger partial charge in [-0.15, -0.1) is 0 Å². The molecular formula is C22H32N4O5. The first-order chi connectivity index (χ1) is 14.6. The van der Waals surface area contributed by atoms with Crippen LogP contribution in [-0.2, 0) is 19.2 Å². The molecule has 1 fully saturated rings. The second-order valence-electron chi connectivity index (χ2n) is 8.17. The van der Waals surface area contributed by atoms with Crippen LogP contribution in [0.3, 0.4) is 0 Å². The number of nitrogens with zero attached hydrogens (tertiary/aromatic N) is 1. The van der Waals surface area contributed by atoms with Gasteiger partial charge in [-0.3, -0.25) is 19.2 Å². The quantitative estimate of drug-likeness (QED) is 0.463. The zero-order valence-corrected chi connectivity index (χ0v) is 18.4. The summed E-state index contributed by atoms with van der Waals surface area (Å²) in [6.45, 7) is 4.93. The van der Waals surface area contributed by atoms with Crippen LogP contribution in [0.25, 0.3) is 0 Å². The average molecular weight is 433 g/mol. The molecule has 9 nitrogen and oxygen atoms in total. The number of aliphatic hydroxyl groups is 1. The van der Waals surface area contributed by atoms with Gasteiger partial charge in [0.15, 0.2) is 0 Å². The van der Waals surface area contributed by atoms with Gasteiger partial charge in [-0.05, 0) is 11.5 Å². The number of carbonyl (C=O) groups is 4. The highest BCUT2D eigenvalue weighted by Gasteiger charge is 2.42. The summed E-state index contributed by atoms with van der Waals surface area (Å²) in [5.41, 5.74) is 0.758. The first-order valence-corrected chi connectivity index (χ1v) is 10.5. The van der Waals surface area contributed by atoms with E-state index in [4.69, 9.17) is 0 Å². The molecule has 4 amide bonds. The van der Waals surface area contributed by atoms with Gasteiger partial charge in [0.2, 0.25) is 23.6 Å². The molecular weight excluding hydrogens is 400 g/mol. The highest BCUT2D eigenvalue weighted by Crippen LogP contribution is 2.23. The van der Waals surface area contributed by atoms with Gasteiger partial charge in [-0.1, -0.05) is 44.2 Å². The number of likely N-dealkylation sites (tertiary alicyclic amines) is 1. The Balaban J connectivity index is 2.22. The molecule has 1 aromatic carbocycles. The average Bonchev–Trinajstić information content (AvgIpc) is 3.13. The standard InChI is InChI=1S/C22H32N4O5/c1-13(2)20(24-14(3)27)22(31)26-12-16(28)10-18(26)21(30)25-17(11-19(29)23-4)15-8-6-5-7-9-15/h5-9,13,16-18,20,28H,10-12H2,1-4H3,(H,23,29)(H,24,27)(H,25,30). The summed E-state index contributed by atoms with van der Waals surface area (Å²) >= 11 is 0. The van der Waals surface area contributed by atoms with Crippen molar-refractivity contribution in [3.05, 3.63) is 35.9 Å². The molecule has 1 saturated heterocycles. The topological polar surface area (TPSA) is 128 Å². The van der Waals surface area contributed by atoms with Crippen molar-refractivity contribution in [3.8, 4) is 0 Å². The Kier molecular flexibility index (Phi) is 8.56. The van der Waals surface area contributed by atoms with E-state index in [1.165, 1.54) is 18.9 Å². The van der Waals surface area contributed by atoms with Crippen LogP contribution in [0.2, 0.25) is 0 Å². The monoisotopic (exact) mass is 432 g/mol. The van der Waals surface area contributed by atoms with E-state index in [0.717, 1.165) is 5.56 Å².